The second-order valence-electron chi connectivity index (χ2n) is 4.03. The number of nitrogens with one attached hydrogen (secondary N) is 1. The standard InChI is InChI=1S/C13H10ClF2NO3S/c1-20-13-5-2-8(14)6-12(13)17-21(18,19)9-3-4-10(15)11(16)7-9/h2-7,17H,1H3. The molecular formula is C13H10ClF2NO3S. The van der Waals surface area contributed by atoms with Gasteiger partial charge >= 0.3 is 0 Å². The average molecular weight is 334 g/mol. The molecule has 8 heteroatoms. The molecule has 0 spiro atoms. The van der Waals surface area contributed by atoms with E-state index >= 15 is 0 Å². The fourth-order valence-electron chi connectivity index (χ4n) is 1.61. The first-order chi connectivity index (χ1) is 9.83. The minimum absolute atomic E-state index is 0.0923. The third-order valence-electron chi connectivity index (χ3n) is 2.61. The van der Waals surface area contributed by atoms with Crippen LogP contribution < -0.4 is 9.46 Å². The summed E-state index contributed by atoms with van der Waals surface area (Å²) in [6, 6.07) is 6.63. The summed E-state index contributed by atoms with van der Waals surface area (Å²) in [7, 11) is -2.74. The van der Waals surface area contributed by atoms with Gasteiger partial charge in [-0.05, 0) is 36.4 Å². The van der Waals surface area contributed by atoms with E-state index in [0.29, 0.717) is 11.1 Å². The smallest absolute Gasteiger partial charge is 0.262 e. The van der Waals surface area contributed by atoms with Crippen molar-refractivity contribution in [1.29, 1.82) is 0 Å². The molecule has 0 saturated heterocycles. The van der Waals surface area contributed by atoms with Gasteiger partial charge in [-0.3, -0.25) is 4.72 Å². The first-order valence-corrected chi connectivity index (χ1v) is 7.51. The number of halogens is 3. The van der Waals surface area contributed by atoms with Gasteiger partial charge in [-0.15, -0.1) is 0 Å². The Kier molecular flexibility index (Phi) is 4.34. The number of anilines is 1. The lowest BCUT2D eigenvalue weighted by Crippen LogP contribution is -2.14. The maximum Gasteiger partial charge on any atom is 0.262 e. The Labute approximate surface area is 125 Å². The van der Waals surface area contributed by atoms with E-state index in [4.69, 9.17) is 16.3 Å². The van der Waals surface area contributed by atoms with E-state index in [0.717, 1.165) is 12.1 Å². The summed E-state index contributed by atoms with van der Waals surface area (Å²) in [5, 5.41) is 0.291. The lowest BCUT2D eigenvalue weighted by molar-refractivity contribution is 0.417. The summed E-state index contributed by atoms with van der Waals surface area (Å²) in [6.07, 6.45) is 0. The van der Waals surface area contributed by atoms with Crippen LogP contribution in [0.2, 0.25) is 5.02 Å². The Bertz CT molecular complexity index is 781. The number of methoxy groups -OCH3 is 1. The largest absolute Gasteiger partial charge is 0.495 e. The number of ether oxygens (including phenoxy) is 1. The molecule has 21 heavy (non-hydrogen) atoms. The maximum atomic E-state index is 13.1. The van der Waals surface area contributed by atoms with Gasteiger partial charge in [-0.25, -0.2) is 17.2 Å². The van der Waals surface area contributed by atoms with Crippen LogP contribution in [-0.4, -0.2) is 15.5 Å². The van der Waals surface area contributed by atoms with E-state index in [9.17, 15) is 17.2 Å². The van der Waals surface area contributed by atoms with Crippen molar-refractivity contribution in [3.63, 3.8) is 0 Å². The Hall–Kier alpha value is -1.86. The monoisotopic (exact) mass is 333 g/mol. The zero-order valence-corrected chi connectivity index (χ0v) is 12.3. The maximum absolute atomic E-state index is 13.1. The van der Waals surface area contributed by atoms with Gasteiger partial charge in [-0.2, -0.15) is 0 Å². The van der Waals surface area contributed by atoms with Gasteiger partial charge in [-0.1, -0.05) is 11.6 Å². The number of benzene rings is 2. The molecule has 1 N–H and O–H groups in total. The van der Waals surface area contributed by atoms with Crippen molar-refractivity contribution >= 4 is 27.3 Å². The van der Waals surface area contributed by atoms with Gasteiger partial charge < -0.3 is 4.74 Å². The van der Waals surface area contributed by atoms with Crippen LogP contribution in [-0.2, 0) is 10.0 Å². The zero-order chi connectivity index (χ0) is 15.6. The third-order valence-corrected chi connectivity index (χ3v) is 4.21. The highest BCUT2D eigenvalue weighted by molar-refractivity contribution is 7.92. The first-order valence-electron chi connectivity index (χ1n) is 5.65. The van der Waals surface area contributed by atoms with Gasteiger partial charge in [0.1, 0.15) is 5.75 Å². The molecule has 0 aliphatic heterocycles. The molecule has 112 valence electrons. The van der Waals surface area contributed by atoms with Gasteiger partial charge in [0.05, 0.1) is 17.7 Å². The van der Waals surface area contributed by atoms with Crippen molar-refractivity contribution in [3.05, 3.63) is 53.1 Å². The Morgan fingerprint density at radius 1 is 1.10 bits per heavy atom. The van der Waals surface area contributed by atoms with E-state index in [1.54, 1.807) is 0 Å². The lowest BCUT2D eigenvalue weighted by atomic mass is 10.3. The minimum Gasteiger partial charge on any atom is -0.495 e. The summed E-state index contributed by atoms with van der Waals surface area (Å²) < 4.78 is 57.5. The number of sulfonamides is 1. The summed E-state index contributed by atoms with van der Waals surface area (Å²) in [5.41, 5.74) is 0.0923. The molecule has 2 rings (SSSR count). The molecule has 0 aliphatic rings. The van der Waals surface area contributed by atoms with Crippen molar-refractivity contribution in [2.75, 3.05) is 11.8 Å². The van der Waals surface area contributed by atoms with E-state index < -0.39 is 26.6 Å². The van der Waals surface area contributed by atoms with E-state index in [1.807, 2.05) is 0 Å². The molecule has 0 fully saturated rings. The van der Waals surface area contributed by atoms with E-state index in [2.05, 4.69) is 4.72 Å². The average Bonchev–Trinajstić information content (AvgIpc) is 2.41. The van der Waals surface area contributed by atoms with E-state index in [1.165, 1.54) is 25.3 Å². The van der Waals surface area contributed by atoms with Crippen LogP contribution in [0.4, 0.5) is 14.5 Å². The second kappa shape index (κ2) is 5.87. The Morgan fingerprint density at radius 2 is 1.81 bits per heavy atom. The van der Waals surface area contributed by atoms with Crippen molar-refractivity contribution in [2.45, 2.75) is 4.90 Å². The van der Waals surface area contributed by atoms with Gasteiger partial charge in [0, 0.05) is 5.02 Å². The van der Waals surface area contributed by atoms with Gasteiger partial charge in [0.15, 0.2) is 11.6 Å². The molecule has 2 aromatic carbocycles. The SMILES string of the molecule is COc1ccc(Cl)cc1NS(=O)(=O)c1ccc(F)c(F)c1. The predicted octanol–water partition coefficient (Wildman–Crippen LogP) is 3.43. The summed E-state index contributed by atoms with van der Waals surface area (Å²) in [6.45, 7) is 0. The first kappa shape index (κ1) is 15.5. The molecular weight excluding hydrogens is 324 g/mol. The van der Waals surface area contributed by atoms with Crippen molar-refractivity contribution in [1.82, 2.24) is 0 Å². The molecule has 4 nitrogen and oxygen atoms in total. The van der Waals surface area contributed by atoms with Crippen molar-refractivity contribution in [3.8, 4) is 5.75 Å². The molecule has 0 radical (unpaired) electrons. The number of hydrogen-bond acceptors (Lipinski definition) is 3. The van der Waals surface area contributed by atoms with Crippen LogP contribution in [0.25, 0.3) is 0 Å². The molecule has 0 saturated carbocycles. The molecule has 0 heterocycles. The quantitative estimate of drug-likeness (QED) is 0.932. The topological polar surface area (TPSA) is 55.4 Å². The summed E-state index contributed by atoms with van der Waals surface area (Å²) in [4.78, 5) is -0.413. The molecule has 0 aromatic heterocycles. The fourth-order valence-corrected chi connectivity index (χ4v) is 2.85. The number of hydrogen-bond donors (Lipinski definition) is 1. The Morgan fingerprint density at radius 3 is 2.43 bits per heavy atom. The Balaban J connectivity index is 2.41. The van der Waals surface area contributed by atoms with Crippen LogP contribution in [0.15, 0.2) is 41.3 Å². The summed E-state index contributed by atoms with van der Waals surface area (Å²) >= 11 is 5.79. The summed E-state index contributed by atoms with van der Waals surface area (Å²) in [5.74, 6) is -2.14. The zero-order valence-electron chi connectivity index (χ0n) is 10.7. The van der Waals surface area contributed by atoms with Crippen LogP contribution in [0, 0.1) is 11.6 Å². The van der Waals surface area contributed by atoms with Crippen LogP contribution in [0.5, 0.6) is 5.75 Å². The molecule has 2 aromatic rings. The second-order valence-corrected chi connectivity index (χ2v) is 6.14. The third kappa shape index (κ3) is 3.43. The predicted molar refractivity (Wildman–Crippen MR) is 75.2 cm³/mol. The van der Waals surface area contributed by atoms with Gasteiger partial charge in [0.2, 0.25) is 0 Å². The van der Waals surface area contributed by atoms with Crippen molar-refractivity contribution in [2.24, 2.45) is 0 Å². The van der Waals surface area contributed by atoms with Crippen LogP contribution >= 0.6 is 11.6 Å². The van der Waals surface area contributed by atoms with E-state index in [-0.39, 0.29) is 11.4 Å². The minimum atomic E-state index is -4.10. The highest BCUT2D eigenvalue weighted by Gasteiger charge is 2.18. The fraction of sp³-hybridized carbons (Fsp3) is 0.0769. The normalized spacial score (nSPS) is 11.2. The molecule has 0 unspecified atom stereocenters. The lowest BCUT2D eigenvalue weighted by Gasteiger charge is -2.12. The highest BCUT2D eigenvalue weighted by atomic mass is 35.5. The van der Waals surface area contributed by atoms with Crippen LogP contribution in [0.3, 0.4) is 0 Å². The molecule has 0 bridgehead atoms. The number of rotatable bonds is 4. The van der Waals surface area contributed by atoms with Crippen LogP contribution in [0.1, 0.15) is 0 Å². The molecule has 0 amide bonds. The highest BCUT2D eigenvalue weighted by Crippen LogP contribution is 2.30. The molecule has 0 aliphatic carbocycles. The van der Waals surface area contributed by atoms with Crippen molar-refractivity contribution < 1.29 is 21.9 Å². The van der Waals surface area contributed by atoms with Gasteiger partial charge in [0.25, 0.3) is 10.0 Å². The molecule has 0 atom stereocenters.